The van der Waals surface area contributed by atoms with Crippen LogP contribution in [0.2, 0.25) is 0 Å². The van der Waals surface area contributed by atoms with Crippen LogP contribution in [0.5, 0.6) is 0 Å². The molecular weight excluding hydrogens is 346 g/mol. The van der Waals surface area contributed by atoms with Crippen molar-refractivity contribution in [1.82, 2.24) is 14.4 Å². The van der Waals surface area contributed by atoms with Gasteiger partial charge < -0.3 is 14.9 Å². The lowest BCUT2D eigenvalue weighted by Crippen LogP contribution is -2.54. The molecule has 0 aromatic carbocycles. The standard InChI is InChI=1S/C20H27N3O4/c1-13(25)22-9-14-8-15(10-22)18(23-16(14)4-3-5-17(23)26)19(27)21(2)11-20(12-24)6-7-20/h3-5,14-15,18,24H,6-12H2,1-2H3/t14-,15+,18-/m1/s1. The number of nitrogens with zero attached hydrogens (tertiary/aromatic N) is 3. The molecule has 1 N–H and O–H groups in total. The highest BCUT2D eigenvalue weighted by Gasteiger charge is 2.48. The van der Waals surface area contributed by atoms with Crippen molar-refractivity contribution in [2.24, 2.45) is 11.3 Å². The molecule has 4 rings (SSSR count). The van der Waals surface area contributed by atoms with Gasteiger partial charge in [0.2, 0.25) is 11.8 Å². The minimum absolute atomic E-state index is 0.00759. The number of carbonyl (C=O) groups is 2. The van der Waals surface area contributed by atoms with E-state index in [1.807, 2.05) is 6.07 Å². The van der Waals surface area contributed by atoms with Crippen molar-refractivity contribution in [2.45, 2.75) is 38.1 Å². The lowest BCUT2D eigenvalue weighted by atomic mass is 9.78. The van der Waals surface area contributed by atoms with E-state index < -0.39 is 6.04 Å². The van der Waals surface area contributed by atoms with Gasteiger partial charge in [0.25, 0.3) is 5.56 Å². The fourth-order valence-corrected chi connectivity index (χ4v) is 4.86. The first-order valence-corrected chi connectivity index (χ1v) is 9.68. The van der Waals surface area contributed by atoms with Crippen molar-refractivity contribution in [3.8, 4) is 0 Å². The van der Waals surface area contributed by atoms with Gasteiger partial charge in [-0.2, -0.15) is 0 Å². The Morgan fingerprint density at radius 2 is 2.04 bits per heavy atom. The number of piperidine rings is 1. The van der Waals surface area contributed by atoms with Gasteiger partial charge in [0.05, 0.1) is 6.61 Å². The lowest BCUT2D eigenvalue weighted by Gasteiger charge is -2.46. The van der Waals surface area contributed by atoms with Gasteiger partial charge in [-0.25, -0.2) is 0 Å². The number of rotatable bonds is 4. The summed E-state index contributed by atoms with van der Waals surface area (Å²) in [6.45, 7) is 3.24. The Bertz CT molecular complexity index is 829. The van der Waals surface area contributed by atoms with Gasteiger partial charge in [-0.05, 0) is 25.3 Å². The molecule has 3 heterocycles. The predicted molar refractivity (Wildman–Crippen MR) is 99.2 cm³/mol. The molecule has 0 spiro atoms. The number of amides is 2. The Balaban J connectivity index is 1.70. The van der Waals surface area contributed by atoms with Gasteiger partial charge >= 0.3 is 0 Å². The summed E-state index contributed by atoms with van der Waals surface area (Å²) in [5.74, 6) is -0.0751. The average molecular weight is 373 g/mol. The number of fused-ring (bicyclic) bond motifs is 4. The van der Waals surface area contributed by atoms with Crippen molar-refractivity contribution < 1.29 is 14.7 Å². The third-order valence-electron chi connectivity index (χ3n) is 6.59. The van der Waals surface area contributed by atoms with E-state index in [9.17, 15) is 19.5 Å². The van der Waals surface area contributed by atoms with Crippen molar-refractivity contribution >= 4 is 11.8 Å². The van der Waals surface area contributed by atoms with Crippen LogP contribution in [0.25, 0.3) is 0 Å². The first-order valence-electron chi connectivity index (χ1n) is 9.68. The third-order valence-corrected chi connectivity index (χ3v) is 6.59. The maximum atomic E-state index is 13.4. The van der Waals surface area contributed by atoms with Gasteiger partial charge in [-0.15, -0.1) is 0 Å². The van der Waals surface area contributed by atoms with Crippen molar-refractivity contribution in [3.05, 3.63) is 34.2 Å². The molecular formula is C20H27N3O4. The maximum Gasteiger partial charge on any atom is 0.251 e. The van der Waals surface area contributed by atoms with Crippen LogP contribution in [0.15, 0.2) is 23.0 Å². The molecule has 1 aliphatic carbocycles. The van der Waals surface area contributed by atoms with E-state index in [0.717, 1.165) is 25.0 Å². The number of likely N-dealkylation sites (N-methyl/N-ethyl adjacent to an activating group) is 1. The Hall–Kier alpha value is -2.15. The summed E-state index contributed by atoms with van der Waals surface area (Å²) in [7, 11) is 1.75. The molecule has 7 heteroatoms. The average Bonchev–Trinajstić information content (AvgIpc) is 3.42. The van der Waals surface area contributed by atoms with E-state index in [0.29, 0.717) is 19.6 Å². The fourth-order valence-electron chi connectivity index (χ4n) is 4.86. The second-order valence-corrected chi connectivity index (χ2v) is 8.57. The molecule has 27 heavy (non-hydrogen) atoms. The zero-order chi connectivity index (χ0) is 19.3. The first kappa shape index (κ1) is 18.2. The second kappa shape index (κ2) is 6.48. The van der Waals surface area contributed by atoms with Gasteiger partial charge in [-0.1, -0.05) is 6.07 Å². The molecule has 1 saturated carbocycles. The number of likely N-dealkylation sites (tertiary alicyclic amines) is 1. The maximum absolute atomic E-state index is 13.4. The topological polar surface area (TPSA) is 82.8 Å². The molecule has 2 amide bonds. The molecule has 2 aliphatic heterocycles. The molecule has 146 valence electrons. The molecule has 3 atom stereocenters. The van der Waals surface area contributed by atoms with Crippen LogP contribution >= 0.6 is 0 Å². The van der Waals surface area contributed by atoms with Gasteiger partial charge in [-0.3, -0.25) is 19.0 Å². The highest BCUT2D eigenvalue weighted by atomic mass is 16.3. The largest absolute Gasteiger partial charge is 0.396 e. The third kappa shape index (κ3) is 3.08. The smallest absolute Gasteiger partial charge is 0.251 e. The van der Waals surface area contributed by atoms with E-state index in [-0.39, 0.29) is 41.2 Å². The number of aromatic nitrogens is 1. The van der Waals surface area contributed by atoms with E-state index in [4.69, 9.17) is 0 Å². The van der Waals surface area contributed by atoms with Crippen LogP contribution in [0.1, 0.15) is 43.8 Å². The summed E-state index contributed by atoms with van der Waals surface area (Å²) in [4.78, 5) is 41.5. The van der Waals surface area contributed by atoms with E-state index in [1.165, 1.54) is 6.07 Å². The van der Waals surface area contributed by atoms with Crippen LogP contribution < -0.4 is 5.56 Å². The Morgan fingerprint density at radius 3 is 2.67 bits per heavy atom. The molecule has 2 fully saturated rings. The zero-order valence-electron chi connectivity index (χ0n) is 15.9. The Kier molecular flexibility index (Phi) is 4.37. The molecule has 7 nitrogen and oxygen atoms in total. The monoisotopic (exact) mass is 373 g/mol. The summed E-state index contributed by atoms with van der Waals surface area (Å²) >= 11 is 0. The minimum Gasteiger partial charge on any atom is -0.396 e. The molecule has 2 bridgehead atoms. The number of hydrogen-bond donors (Lipinski definition) is 1. The second-order valence-electron chi connectivity index (χ2n) is 8.57. The number of aliphatic hydroxyl groups is 1. The zero-order valence-corrected chi connectivity index (χ0v) is 15.9. The summed E-state index contributed by atoms with van der Waals surface area (Å²) in [5.41, 5.74) is 0.512. The van der Waals surface area contributed by atoms with Gasteiger partial charge in [0.15, 0.2) is 0 Å². The van der Waals surface area contributed by atoms with Crippen molar-refractivity contribution in [2.75, 3.05) is 33.3 Å². The Labute approximate surface area is 158 Å². The van der Waals surface area contributed by atoms with Crippen molar-refractivity contribution in [3.63, 3.8) is 0 Å². The first-order chi connectivity index (χ1) is 12.8. The SMILES string of the molecule is CC(=O)N1C[C@H]2C[C@@H](C1)[C@H](C(=O)N(C)CC1(CO)CC1)n1c2cccc1=O. The fraction of sp³-hybridized carbons (Fsp3) is 0.650. The summed E-state index contributed by atoms with van der Waals surface area (Å²) in [5, 5.41) is 9.60. The molecule has 1 aromatic rings. The predicted octanol–water partition coefficient (Wildman–Crippen LogP) is 0.586. The normalized spacial score (nSPS) is 27.7. The van der Waals surface area contributed by atoms with Crippen LogP contribution in [0.3, 0.4) is 0 Å². The highest BCUT2D eigenvalue weighted by Crippen LogP contribution is 2.46. The molecule has 0 unspecified atom stereocenters. The van der Waals surface area contributed by atoms with Crippen LogP contribution in [-0.2, 0) is 9.59 Å². The van der Waals surface area contributed by atoms with Crippen LogP contribution in [0, 0.1) is 11.3 Å². The van der Waals surface area contributed by atoms with Gasteiger partial charge in [0, 0.05) is 62.6 Å². The van der Waals surface area contributed by atoms with Crippen molar-refractivity contribution in [1.29, 1.82) is 0 Å². The number of aliphatic hydroxyl groups excluding tert-OH is 1. The highest BCUT2D eigenvalue weighted by molar-refractivity contribution is 5.81. The minimum atomic E-state index is -0.591. The molecule has 3 aliphatic rings. The van der Waals surface area contributed by atoms with E-state index in [1.54, 1.807) is 34.4 Å². The quantitative estimate of drug-likeness (QED) is 0.837. The lowest BCUT2D eigenvalue weighted by molar-refractivity contribution is -0.141. The van der Waals surface area contributed by atoms with Crippen LogP contribution in [-0.4, -0.2) is 64.6 Å². The van der Waals surface area contributed by atoms with Crippen LogP contribution in [0.4, 0.5) is 0 Å². The van der Waals surface area contributed by atoms with Gasteiger partial charge in [0.1, 0.15) is 6.04 Å². The van der Waals surface area contributed by atoms with E-state index >= 15 is 0 Å². The molecule has 1 aromatic heterocycles. The summed E-state index contributed by atoms with van der Waals surface area (Å²) in [6.07, 6.45) is 2.65. The molecule has 1 saturated heterocycles. The number of pyridine rings is 1. The Morgan fingerprint density at radius 1 is 1.30 bits per heavy atom. The number of hydrogen-bond acceptors (Lipinski definition) is 4. The summed E-state index contributed by atoms with van der Waals surface area (Å²) < 4.78 is 1.66. The molecule has 0 radical (unpaired) electrons. The summed E-state index contributed by atoms with van der Waals surface area (Å²) in [6, 6.07) is 4.55. The number of carbonyl (C=O) groups excluding carboxylic acids is 2. The van der Waals surface area contributed by atoms with E-state index in [2.05, 4.69) is 0 Å².